The number of aromatic nitrogens is 2. The van der Waals surface area contributed by atoms with Gasteiger partial charge in [-0.2, -0.15) is 0 Å². The number of nitrogens with one attached hydrogen (secondary N) is 1. The molecule has 2 aromatic rings. The summed E-state index contributed by atoms with van der Waals surface area (Å²) in [5.74, 6) is 1.23. The average Bonchev–Trinajstić information content (AvgIpc) is 2.56. The van der Waals surface area contributed by atoms with E-state index in [1.54, 1.807) is 0 Å². The van der Waals surface area contributed by atoms with E-state index in [2.05, 4.69) is 9.97 Å². The zero-order chi connectivity index (χ0) is 9.97. The first kappa shape index (κ1) is 8.62. The number of hydrogen-bond donors (Lipinski definition) is 2. The summed E-state index contributed by atoms with van der Waals surface area (Å²) in [5, 5.41) is 0. The fourth-order valence-electron chi connectivity index (χ4n) is 1.09. The molecule has 0 amide bonds. The van der Waals surface area contributed by atoms with Gasteiger partial charge in [-0.05, 0) is 19.1 Å². The first-order valence-corrected chi connectivity index (χ1v) is 4.29. The Bertz CT molecular complexity index is 419. The molecular weight excluding hydrogens is 178 g/mol. The summed E-state index contributed by atoms with van der Waals surface area (Å²) in [6.45, 7) is 2.02. The summed E-state index contributed by atoms with van der Waals surface area (Å²) < 4.78 is 5.41. The predicted molar refractivity (Wildman–Crippen MR) is 54.3 cm³/mol. The minimum absolute atomic E-state index is 0.409. The van der Waals surface area contributed by atoms with Crippen LogP contribution in [0.15, 0.2) is 30.5 Å². The zero-order valence-corrected chi connectivity index (χ0v) is 7.82. The van der Waals surface area contributed by atoms with Crippen LogP contribution in [0, 0.1) is 6.92 Å². The Labute approximate surface area is 81.7 Å². The van der Waals surface area contributed by atoms with Crippen LogP contribution < -0.4 is 10.5 Å². The van der Waals surface area contributed by atoms with E-state index in [0.29, 0.717) is 11.8 Å². The smallest absolute Gasteiger partial charge is 0.300 e. The fraction of sp³-hybridized carbons (Fsp3) is 0.100. The molecule has 4 heteroatoms. The number of ether oxygens (including phenoxy) is 1. The van der Waals surface area contributed by atoms with Gasteiger partial charge in [0.25, 0.3) is 0 Å². The van der Waals surface area contributed by atoms with Crippen LogP contribution in [0.25, 0.3) is 0 Å². The number of nitrogens with zero attached hydrogens (tertiary/aromatic N) is 1. The van der Waals surface area contributed by atoms with Gasteiger partial charge in [0, 0.05) is 0 Å². The van der Waals surface area contributed by atoms with Gasteiger partial charge in [-0.25, -0.2) is 4.98 Å². The normalized spacial score (nSPS) is 10.1. The van der Waals surface area contributed by atoms with Crippen LogP contribution in [-0.4, -0.2) is 9.97 Å². The van der Waals surface area contributed by atoms with Gasteiger partial charge >= 0.3 is 6.01 Å². The number of nitrogen functional groups attached to an aromatic ring is 1. The SMILES string of the molecule is Cc1ccc(Oc2ncc(N)[nH]2)cc1. The zero-order valence-electron chi connectivity index (χ0n) is 7.82. The van der Waals surface area contributed by atoms with Crippen LogP contribution in [0.3, 0.4) is 0 Å². The highest BCUT2D eigenvalue weighted by molar-refractivity contribution is 5.31. The Morgan fingerprint density at radius 1 is 1.29 bits per heavy atom. The molecule has 0 bridgehead atoms. The van der Waals surface area contributed by atoms with Crippen LogP contribution in [0.4, 0.5) is 5.82 Å². The summed E-state index contributed by atoms with van der Waals surface area (Å²) >= 11 is 0. The third kappa shape index (κ3) is 1.85. The quantitative estimate of drug-likeness (QED) is 0.760. The lowest BCUT2D eigenvalue weighted by atomic mass is 10.2. The number of H-pyrrole nitrogens is 1. The van der Waals surface area contributed by atoms with E-state index < -0.39 is 0 Å². The van der Waals surface area contributed by atoms with Crippen molar-refractivity contribution >= 4 is 5.82 Å². The highest BCUT2D eigenvalue weighted by Crippen LogP contribution is 2.18. The lowest BCUT2D eigenvalue weighted by Gasteiger charge is -2.01. The standard InChI is InChI=1S/C10H11N3O/c1-7-2-4-8(5-3-7)14-10-12-6-9(11)13-10/h2-6H,11H2,1H3,(H,12,13). The van der Waals surface area contributed by atoms with Gasteiger partial charge in [0.2, 0.25) is 0 Å². The van der Waals surface area contributed by atoms with Crippen LogP contribution in [0.5, 0.6) is 11.8 Å². The van der Waals surface area contributed by atoms with Crippen molar-refractivity contribution in [1.29, 1.82) is 0 Å². The van der Waals surface area contributed by atoms with Crippen molar-refractivity contribution in [2.75, 3.05) is 5.73 Å². The molecule has 4 nitrogen and oxygen atoms in total. The summed E-state index contributed by atoms with van der Waals surface area (Å²) in [5.41, 5.74) is 6.65. The van der Waals surface area contributed by atoms with Crippen molar-refractivity contribution in [2.24, 2.45) is 0 Å². The minimum Gasteiger partial charge on any atom is -0.426 e. The van der Waals surface area contributed by atoms with E-state index in [0.717, 1.165) is 5.75 Å². The van der Waals surface area contributed by atoms with Gasteiger partial charge < -0.3 is 10.5 Å². The van der Waals surface area contributed by atoms with E-state index in [1.807, 2.05) is 31.2 Å². The second-order valence-corrected chi connectivity index (χ2v) is 3.06. The molecule has 1 heterocycles. The van der Waals surface area contributed by atoms with Gasteiger partial charge in [0.1, 0.15) is 11.6 Å². The highest BCUT2D eigenvalue weighted by atomic mass is 16.5. The molecule has 0 atom stereocenters. The maximum Gasteiger partial charge on any atom is 0.300 e. The van der Waals surface area contributed by atoms with E-state index >= 15 is 0 Å². The van der Waals surface area contributed by atoms with Gasteiger partial charge in [0.05, 0.1) is 6.20 Å². The number of anilines is 1. The number of rotatable bonds is 2. The summed E-state index contributed by atoms with van der Waals surface area (Å²) in [6.07, 6.45) is 1.52. The number of benzene rings is 1. The number of nitrogens with two attached hydrogens (primary N) is 1. The molecule has 0 saturated carbocycles. The average molecular weight is 189 g/mol. The molecular formula is C10H11N3O. The van der Waals surface area contributed by atoms with Crippen molar-refractivity contribution in [3.63, 3.8) is 0 Å². The van der Waals surface area contributed by atoms with Crippen molar-refractivity contribution < 1.29 is 4.74 Å². The van der Waals surface area contributed by atoms with Crippen molar-refractivity contribution in [2.45, 2.75) is 6.92 Å². The molecule has 14 heavy (non-hydrogen) atoms. The van der Waals surface area contributed by atoms with E-state index in [4.69, 9.17) is 10.5 Å². The second kappa shape index (κ2) is 3.41. The first-order chi connectivity index (χ1) is 6.74. The Balaban J connectivity index is 2.15. The van der Waals surface area contributed by atoms with Gasteiger partial charge in [0.15, 0.2) is 0 Å². The molecule has 72 valence electrons. The topological polar surface area (TPSA) is 63.9 Å². The van der Waals surface area contributed by atoms with Gasteiger partial charge in [-0.1, -0.05) is 17.7 Å². The molecule has 0 radical (unpaired) electrons. The van der Waals surface area contributed by atoms with Crippen LogP contribution in [0.1, 0.15) is 5.56 Å². The Morgan fingerprint density at radius 3 is 2.57 bits per heavy atom. The van der Waals surface area contributed by atoms with E-state index in [1.165, 1.54) is 11.8 Å². The number of imidazole rings is 1. The minimum atomic E-state index is 0.409. The predicted octanol–water partition coefficient (Wildman–Crippen LogP) is 2.09. The highest BCUT2D eigenvalue weighted by Gasteiger charge is 1.99. The lowest BCUT2D eigenvalue weighted by Crippen LogP contribution is -1.87. The maximum atomic E-state index is 5.46. The van der Waals surface area contributed by atoms with Crippen molar-refractivity contribution in [1.82, 2.24) is 9.97 Å². The molecule has 1 aromatic carbocycles. The third-order valence-corrected chi connectivity index (χ3v) is 1.81. The van der Waals surface area contributed by atoms with Gasteiger partial charge in [-0.3, -0.25) is 4.98 Å². The molecule has 2 rings (SSSR count). The maximum absolute atomic E-state index is 5.46. The number of hydrogen-bond acceptors (Lipinski definition) is 3. The first-order valence-electron chi connectivity index (χ1n) is 4.29. The van der Waals surface area contributed by atoms with Crippen molar-refractivity contribution in [3.05, 3.63) is 36.0 Å². The molecule has 0 aliphatic rings. The molecule has 3 N–H and O–H groups in total. The number of aromatic amines is 1. The molecule has 0 unspecified atom stereocenters. The number of aryl methyl sites for hydroxylation is 1. The van der Waals surface area contributed by atoms with Crippen LogP contribution in [-0.2, 0) is 0 Å². The largest absolute Gasteiger partial charge is 0.426 e. The Morgan fingerprint density at radius 2 is 2.00 bits per heavy atom. The monoisotopic (exact) mass is 189 g/mol. The third-order valence-electron chi connectivity index (χ3n) is 1.81. The van der Waals surface area contributed by atoms with E-state index in [9.17, 15) is 0 Å². The fourth-order valence-corrected chi connectivity index (χ4v) is 1.09. The molecule has 1 aromatic heterocycles. The van der Waals surface area contributed by atoms with Gasteiger partial charge in [-0.15, -0.1) is 0 Å². The summed E-state index contributed by atoms with van der Waals surface area (Å²) in [6, 6.07) is 8.12. The summed E-state index contributed by atoms with van der Waals surface area (Å²) in [7, 11) is 0. The van der Waals surface area contributed by atoms with Crippen LogP contribution in [0.2, 0.25) is 0 Å². The molecule has 0 fully saturated rings. The molecule has 0 aliphatic heterocycles. The molecule has 0 spiro atoms. The van der Waals surface area contributed by atoms with Crippen molar-refractivity contribution in [3.8, 4) is 11.8 Å². The van der Waals surface area contributed by atoms with Crippen LogP contribution >= 0.6 is 0 Å². The molecule has 0 aliphatic carbocycles. The van der Waals surface area contributed by atoms with E-state index in [-0.39, 0.29) is 0 Å². The second-order valence-electron chi connectivity index (χ2n) is 3.06. The molecule has 0 saturated heterocycles. The Hall–Kier alpha value is -1.97. The summed E-state index contributed by atoms with van der Waals surface area (Å²) in [4.78, 5) is 6.71. The Kier molecular flexibility index (Phi) is 2.10. The lowest BCUT2D eigenvalue weighted by molar-refractivity contribution is 0.448.